The fourth-order valence-electron chi connectivity index (χ4n) is 3.55. The molecule has 1 heterocycles. The van der Waals surface area contributed by atoms with Crippen molar-refractivity contribution in [3.05, 3.63) is 28.7 Å². The van der Waals surface area contributed by atoms with Gasteiger partial charge in [0.25, 0.3) is 5.91 Å². The van der Waals surface area contributed by atoms with Gasteiger partial charge in [-0.3, -0.25) is 14.5 Å². The third-order valence-corrected chi connectivity index (χ3v) is 5.40. The molecule has 3 rings (SSSR count). The number of anilines is 1. The third kappa shape index (κ3) is 3.05. The predicted molar refractivity (Wildman–Crippen MR) is 93.4 cm³/mol. The highest BCUT2D eigenvalue weighted by Gasteiger charge is 2.55. The Morgan fingerprint density at radius 3 is 2.92 bits per heavy atom. The minimum Gasteiger partial charge on any atom is -0.324 e. The number of halogens is 1. The molecule has 0 radical (unpaired) electrons. The van der Waals surface area contributed by atoms with Crippen LogP contribution in [0, 0.1) is 5.92 Å². The van der Waals surface area contributed by atoms with Crippen LogP contribution in [0.25, 0.3) is 0 Å². The highest BCUT2D eigenvalue weighted by molar-refractivity contribution is 9.10. The first-order valence-corrected chi connectivity index (χ1v) is 8.91. The molecule has 2 fully saturated rings. The normalized spacial score (nSPS) is 26.6. The Morgan fingerprint density at radius 2 is 2.21 bits per heavy atom. The monoisotopic (exact) mass is 393 g/mol. The number of carbonyl (C=O) groups is 3. The molecule has 1 aliphatic heterocycles. The van der Waals surface area contributed by atoms with Gasteiger partial charge < -0.3 is 10.6 Å². The molecule has 6 nitrogen and oxygen atoms in total. The maximum atomic E-state index is 12.8. The average molecular weight is 394 g/mol. The fraction of sp³-hybridized carbons (Fsp3) is 0.471. The molecule has 1 spiro atoms. The molecule has 1 saturated carbocycles. The molecule has 2 atom stereocenters. The van der Waals surface area contributed by atoms with Crippen LogP contribution in [0.5, 0.6) is 0 Å². The van der Waals surface area contributed by atoms with Gasteiger partial charge in [0.2, 0.25) is 5.91 Å². The van der Waals surface area contributed by atoms with Crippen molar-refractivity contribution in [2.75, 3.05) is 11.9 Å². The van der Waals surface area contributed by atoms with E-state index in [0.717, 1.165) is 28.6 Å². The maximum Gasteiger partial charge on any atom is 0.325 e. The fourth-order valence-corrected chi connectivity index (χ4v) is 3.95. The Hall–Kier alpha value is -1.89. The molecule has 7 heteroatoms. The number of carbonyl (C=O) groups excluding carboxylic acids is 3. The zero-order valence-corrected chi connectivity index (χ0v) is 15.1. The van der Waals surface area contributed by atoms with Crippen LogP contribution in [0.3, 0.4) is 0 Å². The second kappa shape index (κ2) is 6.55. The van der Waals surface area contributed by atoms with E-state index >= 15 is 0 Å². The van der Waals surface area contributed by atoms with Crippen molar-refractivity contribution in [1.29, 1.82) is 0 Å². The number of rotatable bonds is 3. The van der Waals surface area contributed by atoms with Crippen molar-refractivity contribution in [1.82, 2.24) is 10.2 Å². The summed E-state index contributed by atoms with van der Waals surface area (Å²) in [4.78, 5) is 38.3. The summed E-state index contributed by atoms with van der Waals surface area (Å²) in [5, 5.41) is 5.56. The minimum absolute atomic E-state index is 0.0841. The predicted octanol–water partition coefficient (Wildman–Crippen LogP) is 2.89. The molecule has 1 aliphatic carbocycles. The largest absolute Gasteiger partial charge is 0.325 e. The van der Waals surface area contributed by atoms with E-state index < -0.39 is 17.5 Å². The highest BCUT2D eigenvalue weighted by atomic mass is 79.9. The summed E-state index contributed by atoms with van der Waals surface area (Å²) in [7, 11) is 0. The zero-order chi connectivity index (χ0) is 17.3. The van der Waals surface area contributed by atoms with E-state index in [1.165, 1.54) is 0 Å². The van der Waals surface area contributed by atoms with Crippen LogP contribution in [0.1, 0.15) is 32.6 Å². The second-order valence-corrected chi connectivity index (χ2v) is 7.41. The van der Waals surface area contributed by atoms with Gasteiger partial charge in [0.15, 0.2) is 0 Å². The SMILES string of the molecule is C[C@H]1CCCC[C@]12NC(=O)N(CC(=O)Nc1cccc(Br)c1)C2=O. The van der Waals surface area contributed by atoms with E-state index in [1.807, 2.05) is 13.0 Å². The number of urea groups is 1. The summed E-state index contributed by atoms with van der Waals surface area (Å²) in [5.41, 5.74) is -0.215. The number of nitrogens with zero attached hydrogens (tertiary/aromatic N) is 1. The van der Waals surface area contributed by atoms with Crippen molar-refractivity contribution in [2.24, 2.45) is 5.92 Å². The Balaban J connectivity index is 1.70. The van der Waals surface area contributed by atoms with Crippen LogP contribution in [0.2, 0.25) is 0 Å². The maximum absolute atomic E-state index is 12.8. The average Bonchev–Trinajstić information content (AvgIpc) is 2.75. The van der Waals surface area contributed by atoms with E-state index in [2.05, 4.69) is 26.6 Å². The quantitative estimate of drug-likeness (QED) is 0.774. The van der Waals surface area contributed by atoms with Crippen LogP contribution in [0.15, 0.2) is 28.7 Å². The number of amides is 4. The molecule has 1 aromatic rings. The van der Waals surface area contributed by atoms with Crippen LogP contribution >= 0.6 is 15.9 Å². The van der Waals surface area contributed by atoms with Gasteiger partial charge in [-0.2, -0.15) is 0 Å². The van der Waals surface area contributed by atoms with Gasteiger partial charge in [0, 0.05) is 10.2 Å². The summed E-state index contributed by atoms with van der Waals surface area (Å²) < 4.78 is 0.838. The third-order valence-electron chi connectivity index (χ3n) is 4.91. The van der Waals surface area contributed by atoms with Gasteiger partial charge >= 0.3 is 6.03 Å². The van der Waals surface area contributed by atoms with Gasteiger partial charge in [0.1, 0.15) is 12.1 Å². The topological polar surface area (TPSA) is 78.5 Å². The van der Waals surface area contributed by atoms with Crippen LogP contribution in [-0.4, -0.2) is 34.8 Å². The number of imide groups is 1. The van der Waals surface area contributed by atoms with Gasteiger partial charge in [-0.1, -0.05) is 41.8 Å². The standard InChI is InChI=1S/C17H20BrN3O3/c1-11-5-2-3-8-17(11)15(23)21(16(24)20-17)10-14(22)19-13-7-4-6-12(18)9-13/h4,6-7,9,11H,2-3,5,8,10H2,1H3,(H,19,22)(H,20,24)/t11-,17-/m0/s1. The van der Waals surface area contributed by atoms with E-state index in [9.17, 15) is 14.4 Å². The van der Waals surface area contributed by atoms with E-state index in [-0.39, 0.29) is 18.4 Å². The van der Waals surface area contributed by atoms with Crippen molar-refractivity contribution >= 4 is 39.5 Å². The van der Waals surface area contributed by atoms with E-state index in [4.69, 9.17) is 0 Å². The Kier molecular flexibility index (Phi) is 4.62. The molecule has 0 unspecified atom stereocenters. The van der Waals surface area contributed by atoms with Crippen molar-refractivity contribution in [2.45, 2.75) is 38.1 Å². The number of benzene rings is 1. The van der Waals surface area contributed by atoms with Gasteiger partial charge in [0.05, 0.1) is 0 Å². The first kappa shape index (κ1) is 17.0. The van der Waals surface area contributed by atoms with Gasteiger partial charge in [-0.25, -0.2) is 4.79 Å². The molecular formula is C17H20BrN3O3. The van der Waals surface area contributed by atoms with Crippen LogP contribution in [0.4, 0.5) is 10.5 Å². The second-order valence-electron chi connectivity index (χ2n) is 6.50. The Morgan fingerprint density at radius 1 is 1.42 bits per heavy atom. The molecule has 128 valence electrons. The number of nitrogens with one attached hydrogen (secondary N) is 2. The lowest BCUT2D eigenvalue weighted by molar-refractivity contribution is -0.136. The zero-order valence-electron chi connectivity index (χ0n) is 13.5. The van der Waals surface area contributed by atoms with Crippen molar-refractivity contribution < 1.29 is 14.4 Å². The highest BCUT2D eigenvalue weighted by Crippen LogP contribution is 2.38. The summed E-state index contributed by atoms with van der Waals surface area (Å²) in [6.07, 6.45) is 3.52. The summed E-state index contributed by atoms with van der Waals surface area (Å²) in [6.45, 7) is 1.72. The summed E-state index contributed by atoms with van der Waals surface area (Å²) in [6, 6.07) is 6.68. The number of hydrogen-bond acceptors (Lipinski definition) is 3. The van der Waals surface area contributed by atoms with E-state index in [1.54, 1.807) is 18.2 Å². The summed E-state index contributed by atoms with van der Waals surface area (Å²) in [5.74, 6) is -0.581. The van der Waals surface area contributed by atoms with Crippen LogP contribution < -0.4 is 10.6 Å². The Labute approximate surface area is 149 Å². The van der Waals surface area contributed by atoms with E-state index in [0.29, 0.717) is 12.1 Å². The molecule has 2 aliphatic rings. The lowest BCUT2D eigenvalue weighted by atomic mass is 9.73. The molecule has 24 heavy (non-hydrogen) atoms. The lowest BCUT2D eigenvalue weighted by Gasteiger charge is -2.36. The first-order valence-electron chi connectivity index (χ1n) is 8.12. The molecular weight excluding hydrogens is 374 g/mol. The molecule has 1 aromatic carbocycles. The minimum atomic E-state index is -0.828. The van der Waals surface area contributed by atoms with Gasteiger partial charge in [-0.15, -0.1) is 0 Å². The van der Waals surface area contributed by atoms with Crippen molar-refractivity contribution in [3.8, 4) is 0 Å². The Bertz CT molecular complexity index is 693. The molecule has 2 N–H and O–H groups in total. The summed E-state index contributed by atoms with van der Waals surface area (Å²) >= 11 is 3.33. The molecule has 0 bridgehead atoms. The van der Waals surface area contributed by atoms with Crippen molar-refractivity contribution in [3.63, 3.8) is 0 Å². The molecule has 0 aromatic heterocycles. The lowest BCUT2D eigenvalue weighted by Crippen LogP contribution is -2.54. The molecule has 4 amide bonds. The number of hydrogen-bond donors (Lipinski definition) is 2. The molecule has 1 saturated heterocycles. The van der Waals surface area contributed by atoms with Crippen LogP contribution in [-0.2, 0) is 9.59 Å². The first-order chi connectivity index (χ1) is 11.4. The smallest absolute Gasteiger partial charge is 0.324 e. The van der Waals surface area contributed by atoms with Gasteiger partial charge in [-0.05, 0) is 37.0 Å².